The fraction of sp³-hybridized carbons (Fsp3) is 0.381. The molecule has 0 aliphatic heterocycles. The Morgan fingerprint density at radius 2 is 1.58 bits per heavy atom. The number of hydrogen-bond acceptors (Lipinski definition) is 2. The third-order valence-corrected chi connectivity index (χ3v) is 9.45. The Bertz CT molecular complexity index is 610. The molecule has 0 heterocycles. The molecule has 0 spiro atoms. The molecular weight excluding hydrogens is 312 g/mol. The Hall–Kier alpha value is -1.71. The van der Waals surface area contributed by atoms with Crippen LogP contribution in [0.15, 0.2) is 60.7 Å². The highest BCUT2D eigenvalue weighted by atomic mass is 28.3. The largest absolute Gasteiger partial charge is 0.376 e. The molecule has 0 unspecified atom stereocenters. The zero-order chi connectivity index (χ0) is 17.4. The van der Waals surface area contributed by atoms with Gasteiger partial charge in [0.2, 0.25) is 0 Å². The monoisotopic (exact) mass is 340 g/mol. The van der Waals surface area contributed by atoms with Crippen molar-refractivity contribution in [3.8, 4) is 0 Å². The van der Waals surface area contributed by atoms with Crippen molar-refractivity contribution in [2.75, 3.05) is 6.61 Å². The third-order valence-electron chi connectivity index (χ3n) is 4.97. The van der Waals surface area contributed by atoms with E-state index in [-0.39, 0.29) is 0 Å². The SMILES string of the molecule is C[C@@H](COCc1ccccc1)[C@H](CC=O)[Si](C)(C)c1ccccc1. The number of benzene rings is 2. The summed E-state index contributed by atoms with van der Waals surface area (Å²) in [6, 6.07) is 20.9. The van der Waals surface area contributed by atoms with Crippen LogP contribution in [0.5, 0.6) is 0 Å². The van der Waals surface area contributed by atoms with Crippen molar-refractivity contribution < 1.29 is 9.53 Å². The third kappa shape index (κ3) is 4.89. The van der Waals surface area contributed by atoms with E-state index in [1.54, 1.807) is 0 Å². The maximum Gasteiger partial charge on any atom is 0.120 e. The zero-order valence-electron chi connectivity index (χ0n) is 14.9. The Labute approximate surface area is 146 Å². The van der Waals surface area contributed by atoms with Gasteiger partial charge in [0.05, 0.1) is 14.7 Å². The lowest BCUT2D eigenvalue weighted by atomic mass is 10.1. The maximum atomic E-state index is 11.3. The lowest BCUT2D eigenvalue weighted by Gasteiger charge is -2.36. The Morgan fingerprint density at radius 3 is 2.17 bits per heavy atom. The molecule has 0 aliphatic rings. The molecule has 2 aromatic carbocycles. The summed E-state index contributed by atoms with van der Waals surface area (Å²) in [6.07, 6.45) is 1.69. The van der Waals surface area contributed by atoms with Crippen LogP contribution in [-0.4, -0.2) is 21.0 Å². The predicted molar refractivity (Wildman–Crippen MR) is 103 cm³/mol. The standard InChI is InChI=1S/C21H28O2Si/c1-18(16-23-17-19-10-6-4-7-11-19)21(14-15-22)24(2,3)20-12-8-5-9-13-20/h4-13,15,18,21H,14,16-17H2,1-3H3/t18-,21-/m0/s1. The predicted octanol–water partition coefficient (Wildman–Crippen LogP) is 4.41. The first-order chi connectivity index (χ1) is 11.6. The average molecular weight is 341 g/mol. The second kappa shape index (κ2) is 8.95. The van der Waals surface area contributed by atoms with Gasteiger partial charge in [-0.15, -0.1) is 0 Å². The van der Waals surface area contributed by atoms with Gasteiger partial charge < -0.3 is 9.53 Å². The van der Waals surface area contributed by atoms with E-state index < -0.39 is 8.07 Å². The molecule has 0 fully saturated rings. The molecule has 0 aromatic heterocycles. The van der Waals surface area contributed by atoms with Crippen molar-refractivity contribution in [3.63, 3.8) is 0 Å². The molecular formula is C21H28O2Si. The topological polar surface area (TPSA) is 26.3 Å². The van der Waals surface area contributed by atoms with Crippen LogP contribution < -0.4 is 5.19 Å². The van der Waals surface area contributed by atoms with Gasteiger partial charge in [-0.3, -0.25) is 0 Å². The van der Waals surface area contributed by atoms with Crippen LogP contribution in [0.1, 0.15) is 18.9 Å². The van der Waals surface area contributed by atoms with Crippen LogP contribution in [0.2, 0.25) is 18.6 Å². The Morgan fingerprint density at radius 1 is 1.00 bits per heavy atom. The van der Waals surface area contributed by atoms with Crippen molar-refractivity contribution in [1.82, 2.24) is 0 Å². The molecule has 2 aromatic rings. The van der Waals surface area contributed by atoms with Crippen molar-refractivity contribution in [3.05, 3.63) is 66.2 Å². The normalized spacial score (nSPS) is 14.1. The quantitative estimate of drug-likeness (QED) is 0.499. The van der Waals surface area contributed by atoms with Crippen molar-refractivity contribution in [2.24, 2.45) is 5.92 Å². The van der Waals surface area contributed by atoms with E-state index in [4.69, 9.17) is 4.74 Å². The van der Waals surface area contributed by atoms with Crippen LogP contribution in [0, 0.1) is 5.92 Å². The minimum atomic E-state index is -1.73. The summed E-state index contributed by atoms with van der Waals surface area (Å²) in [7, 11) is -1.73. The molecule has 0 saturated carbocycles. The molecule has 2 atom stereocenters. The Kier molecular flexibility index (Phi) is 6.94. The lowest BCUT2D eigenvalue weighted by molar-refractivity contribution is -0.108. The van der Waals surface area contributed by atoms with Gasteiger partial charge in [0, 0.05) is 13.0 Å². The van der Waals surface area contributed by atoms with E-state index in [1.165, 1.54) is 10.8 Å². The molecule has 0 saturated heterocycles. The lowest BCUT2D eigenvalue weighted by Crippen LogP contribution is -2.48. The number of carbonyl (C=O) groups is 1. The maximum absolute atomic E-state index is 11.3. The summed E-state index contributed by atoms with van der Waals surface area (Å²) < 4.78 is 5.95. The van der Waals surface area contributed by atoms with Gasteiger partial charge >= 0.3 is 0 Å². The molecule has 0 bridgehead atoms. The molecule has 2 nitrogen and oxygen atoms in total. The van der Waals surface area contributed by atoms with Gasteiger partial charge in [-0.1, -0.05) is 85.9 Å². The first kappa shape index (κ1) is 18.6. The van der Waals surface area contributed by atoms with Gasteiger partial charge in [0.25, 0.3) is 0 Å². The molecule has 24 heavy (non-hydrogen) atoms. The van der Waals surface area contributed by atoms with Gasteiger partial charge in [0.1, 0.15) is 6.29 Å². The minimum Gasteiger partial charge on any atom is -0.376 e. The fourth-order valence-electron chi connectivity index (χ4n) is 3.48. The Balaban J connectivity index is 2.02. The van der Waals surface area contributed by atoms with Gasteiger partial charge in [-0.25, -0.2) is 0 Å². The van der Waals surface area contributed by atoms with Crippen LogP contribution in [-0.2, 0) is 16.1 Å². The summed E-state index contributed by atoms with van der Waals surface area (Å²) in [6.45, 7) is 8.27. The number of hydrogen-bond donors (Lipinski definition) is 0. The molecule has 128 valence electrons. The van der Waals surface area contributed by atoms with Gasteiger partial charge in [-0.05, 0) is 17.0 Å². The van der Waals surface area contributed by atoms with E-state index in [2.05, 4.69) is 62.5 Å². The van der Waals surface area contributed by atoms with E-state index in [0.29, 0.717) is 31.1 Å². The molecule has 3 heteroatoms. The van der Waals surface area contributed by atoms with E-state index in [1.807, 2.05) is 18.2 Å². The van der Waals surface area contributed by atoms with Crippen LogP contribution >= 0.6 is 0 Å². The van der Waals surface area contributed by atoms with Crippen LogP contribution in [0.3, 0.4) is 0 Å². The smallest absolute Gasteiger partial charge is 0.120 e. The van der Waals surface area contributed by atoms with Crippen molar-refractivity contribution in [2.45, 2.75) is 38.6 Å². The molecule has 2 rings (SSSR count). The number of aldehydes is 1. The number of ether oxygens (including phenoxy) is 1. The van der Waals surface area contributed by atoms with E-state index >= 15 is 0 Å². The number of rotatable bonds is 9. The molecule has 0 amide bonds. The summed E-state index contributed by atoms with van der Waals surface area (Å²) in [5.74, 6) is 0.362. The summed E-state index contributed by atoms with van der Waals surface area (Å²) >= 11 is 0. The van der Waals surface area contributed by atoms with E-state index in [0.717, 1.165) is 6.29 Å². The highest BCUT2D eigenvalue weighted by molar-refractivity contribution is 6.91. The first-order valence-electron chi connectivity index (χ1n) is 8.66. The van der Waals surface area contributed by atoms with E-state index in [9.17, 15) is 4.79 Å². The van der Waals surface area contributed by atoms with Crippen molar-refractivity contribution >= 4 is 19.5 Å². The van der Waals surface area contributed by atoms with Gasteiger partial charge in [-0.2, -0.15) is 0 Å². The number of carbonyl (C=O) groups excluding carboxylic acids is 1. The first-order valence-corrected chi connectivity index (χ1v) is 11.7. The second-order valence-electron chi connectivity index (χ2n) is 7.07. The van der Waals surface area contributed by atoms with Gasteiger partial charge in [0.15, 0.2) is 0 Å². The van der Waals surface area contributed by atoms with Crippen LogP contribution in [0.4, 0.5) is 0 Å². The zero-order valence-corrected chi connectivity index (χ0v) is 15.9. The molecule has 0 radical (unpaired) electrons. The highest BCUT2D eigenvalue weighted by Gasteiger charge is 2.36. The second-order valence-corrected chi connectivity index (χ2v) is 11.8. The fourth-order valence-corrected chi connectivity index (χ4v) is 7.16. The van der Waals surface area contributed by atoms with Crippen molar-refractivity contribution in [1.29, 1.82) is 0 Å². The summed E-state index contributed by atoms with van der Waals surface area (Å²) in [4.78, 5) is 11.3. The summed E-state index contributed by atoms with van der Waals surface area (Å²) in [5, 5.41) is 1.41. The minimum absolute atomic E-state index is 0.362. The average Bonchev–Trinajstić information content (AvgIpc) is 2.61. The summed E-state index contributed by atoms with van der Waals surface area (Å²) in [5.41, 5.74) is 1.57. The molecule has 0 aliphatic carbocycles. The molecule has 0 N–H and O–H groups in total. The highest BCUT2D eigenvalue weighted by Crippen LogP contribution is 2.33. The van der Waals surface area contributed by atoms with Crippen LogP contribution in [0.25, 0.3) is 0 Å².